The van der Waals surface area contributed by atoms with Crippen LogP contribution in [0.1, 0.15) is 46.0 Å². The van der Waals surface area contributed by atoms with Crippen LogP contribution in [0.3, 0.4) is 0 Å². The number of nitrogens with two attached hydrogens (primary N) is 1. The van der Waals surface area contributed by atoms with E-state index in [1.165, 1.54) is 45.2 Å². The summed E-state index contributed by atoms with van der Waals surface area (Å²) in [6.45, 7) is 7.98. The van der Waals surface area contributed by atoms with Crippen LogP contribution in [0.4, 0.5) is 0 Å². The van der Waals surface area contributed by atoms with Gasteiger partial charge in [-0.2, -0.15) is 0 Å². The molecule has 0 aliphatic heterocycles. The van der Waals surface area contributed by atoms with Gasteiger partial charge in [0, 0.05) is 12.6 Å². The van der Waals surface area contributed by atoms with Gasteiger partial charge in [-0.1, -0.05) is 13.3 Å². The predicted molar refractivity (Wildman–Crippen MR) is 62.3 cm³/mol. The Morgan fingerprint density at radius 3 is 2.57 bits per heavy atom. The third-order valence-corrected chi connectivity index (χ3v) is 3.57. The molecular formula is C12H26N2. The molecule has 1 unspecified atom stereocenters. The summed E-state index contributed by atoms with van der Waals surface area (Å²) in [6.07, 6.45) is 6.80. The van der Waals surface area contributed by atoms with Gasteiger partial charge in [-0.15, -0.1) is 0 Å². The van der Waals surface area contributed by atoms with Gasteiger partial charge in [0.2, 0.25) is 0 Å². The molecule has 1 aliphatic rings. The fraction of sp³-hybridized carbons (Fsp3) is 1.00. The molecule has 14 heavy (non-hydrogen) atoms. The highest BCUT2D eigenvalue weighted by molar-refractivity contribution is 4.76. The van der Waals surface area contributed by atoms with E-state index in [0.29, 0.717) is 0 Å². The molecular weight excluding hydrogens is 172 g/mol. The van der Waals surface area contributed by atoms with Crippen molar-refractivity contribution in [1.82, 2.24) is 4.90 Å². The van der Waals surface area contributed by atoms with E-state index < -0.39 is 0 Å². The molecule has 0 heterocycles. The molecule has 0 aromatic carbocycles. The van der Waals surface area contributed by atoms with Crippen LogP contribution in [0.25, 0.3) is 0 Å². The summed E-state index contributed by atoms with van der Waals surface area (Å²) in [5, 5.41) is 0. The van der Waals surface area contributed by atoms with Crippen LogP contribution in [-0.4, -0.2) is 30.6 Å². The molecule has 0 saturated heterocycles. The molecule has 0 aromatic rings. The molecule has 1 saturated carbocycles. The minimum atomic E-state index is 0.726. The number of hydrogen-bond donors (Lipinski definition) is 1. The van der Waals surface area contributed by atoms with Crippen molar-refractivity contribution in [3.63, 3.8) is 0 Å². The lowest BCUT2D eigenvalue weighted by atomic mass is 9.85. The molecule has 1 aliphatic carbocycles. The second kappa shape index (κ2) is 6.41. The molecule has 0 aromatic heterocycles. The van der Waals surface area contributed by atoms with Crippen molar-refractivity contribution in [3.8, 4) is 0 Å². The summed E-state index contributed by atoms with van der Waals surface area (Å²) in [4.78, 5) is 2.62. The zero-order valence-electron chi connectivity index (χ0n) is 9.84. The van der Waals surface area contributed by atoms with Crippen molar-refractivity contribution in [2.45, 2.75) is 52.0 Å². The van der Waals surface area contributed by atoms with Gasteiger partial charge in [-0.05, 0) is 51.6 Å². The SMILES string of the molecule is CCN(CC1CCC1)C(C)CCCN. The molecule has 1 rings (SSSR count). The summed E-state index contributed by atoms with van der Waals surface area (Å²) < 4.78 is 0. The highest BCUT2D eigenvalue weighted by Crippen LogP contribution is 2.27. The average Bonchev–Trinajstić information content (AvgIpc) is 2.13. The topological polar surface area (TPSA) is 29.3 Å². The molecule has 84 valence electrons. The Hall–Kier alpha value is -0.0800. The van der Waals surface area contributed by atoms with E-state index in [9.17, 15) is 0 Å². The first-order chi connectivity index (χ1) is 6.77. The molecule has 0 radical (unpaired) electrons. The van der Waals surface area contributed by atoms with Crippen molar-refractivity contribution < 1.29 is 0 Å². The molecule has 0 amide bonds. The summed E-state index contributed by atoms with van der Waals surface area (Å²) >= 11 is 0. The Morgan fingerprint density at radius 2 is 2.14 bits per heavy atom. The van der Waals surface area contributed by atoms with Crippen molar-refractivity contribution >= 4 is 0 Å². The first kappa shape index (κ1) is 12.0. The average molecular weight is 198 g/mol. The van der Waals surface area contributed by atoms with E-state index in [2.05, 4.69) is 18.7 Å². The predicted octanol–water partition coefficient (Wildman–Crippen LogP) is 2.24. The van der Waals surface area contributed by atoms with Gasteiger partial charge in [0.15, 0.2) is 0 Å². The lowest BCUT2D eigenvalue weighted by Crippen LogP contribution is -2.38. The standard InChI is InChI=1S/C12H26N2/c1-3-14(10-12-7-4-8-12)11(2)6-5-9-13/h11-12H,3-10,13H2,1-2H3. The minimum absolute atomic E-state index is 0.726. The highest BCUT2D eigenvalue weighted by Gasteiger charge is 2.22. The lowest BCUT2D eigenvalue weighted by molar-refractivity contribution is 0.140. The fourth-order valence-electron chi connectivity index (χ4n) is 2.22. The van der Waals surface area contributed by atoms with E-state index in [0.717, 1.165) is 18.5 Å². The van der Waals surface area contributed by atoms with Crippen LogP contribution in [0.15, 0.2) is 0 Å². The molecule has 1 atom stereocenters. The molecule has 0 bridgehead atoms. The van der Waals surface area contributed by atoms with Gasteiger partial charge in [-0.3, -0.25) is 0 Å². The number of hydrogen-bond acceptors (Lipinski definition) is 2. The van der Waals surface area contributed by atoms with E-state index in [-0.39, 0.29) is 0 Å². The molecule has 2 heteroatoms. The largest absolute Gasteiger partial charge is 0.330 e. The first-order valence-electron chi connectivity index (χ1n) is 6.22. The fourth-order valence-corrected chi connectivity index (χ4v) is 2.22. The van der Waals surface area contributed by atoms with Gasteiger partial charge >= 0.3 is 0 Å². The Morgan fingerprint density at radius 1 is 1.43 bits per heavy atom. The maximum atomic E-state index is 5.54. The molecule has 2 nitrogen and oxygen atoms in total. The van der Waals surface area contributed by atoms with Crippen LogP contribution in [0, 0.1) is 5.92 Å². The Labute approximate surface area is 88.8 Å². The summed E-state index contributed by atoms with van der Waals surface area (Å²) in [7, 11) is 0. The quantitative estimate of drug-likeness (QED) is 0.680. The van der Waals surface area contributed by atoms with Gasteiger partial charge < -0.3 is 10.6 Å². The van der Waals surface area contributed by atoms with Crippen LogP contribution in [0.5, 0.6) is 0 Å². The van der Waals surface area contributed by atoms with Crippen molar-refractivity contribution in [3.05, 3.63) is 0 Å². The highest BCUT2D eigenvalue weighted by atomic mass is 15.1. The number of nitrogens with zero attached hydrogens (tertiary/aromatic N) is 1. The van der Waals surface area contributed by atoms with E-state index >= 15 is 0 Å². The zero-order valence-corrected chi connectivity index (χ0v) is 9.84. The molecule has 1 fully saturated rings. The maximum Gasteiger partial charge on any atom is 0.00673 e. The zero-order chi connectivity index (χ0) is 10.4. The summed E-state index contributed by atoms with van der Waals surface area (Å²) in [6, 6.07) is 0.726. The summed E-state index contributed by atoms with van der Waals surface area (Å²) in [5.74, 6) is 0.996. The van der Waals surface area contributed by atoms with Gasteiger partial charge in [0.25, 0.3) is 0 Å². The third kappa shape index (κ3) is 3.58. The maximum absolute atomic E-state index is 5.54. The van der Waals surface area contributed by atoms with Crippen LogP contribution in [-0.2, 0) is 0 Å². The van der Waals surface area contributed by atoms with Gasteiger partial charge in [-0.25, -0.2) is 0 Å². The Balaban J connectivity index is 2.20. The van der Waals surface area contributed by atoms with Crippen molar-refractivity contribution in [2.24, 2.45) is 11.7 Å². The van der Waals surface area contributed by atoms with Crippen molar-refractivity contribution in [1.29, 1.82) is 0 Å². The second-order valence-electron chi connectivity index (χ2n) is 4.66. The Bertz CT molecular complexity index is 143. The minimum Gasteiger partial charge on any atom is -0.330 e. The van der Waals surface area contributed by atoms with E-state index in [4.69, 9.17) is 5.73 Å². The van der Waals surface area contributed by atoms with Crippen LogP contribution < -0.4 is 5.73 Å². The second-order valence-corrected chi connectivity index (χ2v) is 4.66. The first-order valence-corrected chi connectivity index (χ1v) is 6.22. The van der Waals surface area contributed by atoms with E-state index in [1.54, 1.807) is 0 Å². The van der Waals surface area contributed by atoms with E-state index in [1.807, 2.05) is 0 Å². The van der Waals surface area contributed by atoms with Crippen LogP contribution in [0.2, 0.25) is 0 Å². The summed E-state index contributed by atoms with van der Waals surface area (Å²) in [5.41, 5.74) is 5.54. The lowest BCUT2D eigenvalue weighted by Gasteiger charge is -2.35. The number of rotatable bonds is 7. The van der Waals surface area contributed by atoms with Crippen LogP contribution >= 0.6 is 0 Å². The monoisotopic (exact) mass is 198 g/mol. The van der Waals surface area contributed by atoms with Crippen molar-refractivity contribution in [2.75, 3.05) is 19.6 Å². The third-order valence-electron chi connectivity index (χ3n) is 3.57. The smallest absolute Gasteiger partial charge is 0.00673 e. The van der Waals surface area contributed by atoms with Gasteiger partial charge in [0.05, 0.1) is 0 Å². The van der Waals surface area contributed by atoms with Gasteiger partial charge in [0.1, 0.15) is 0 Å². The molecule has 0 spiro atoms. The normalized spacial score (nSPS) is 19.7. The molecule has 2 N–H and O–H groups in total. The Kier molecular flexibility index (Phi) is 5.49.